The second kappa shape index (κ2) is 6.07. The highest BCUT2D eigenvalue weighted by molar-refractivity contribution is 5.96. The number of carbonyl (C=O) groups excluding carboxylic acids is 1. The van der Waals surface area contributed by atoms with Crippen molar-refractivity contribution in [1.82, 2.24) is 19.9 Å². The highest BCUT2D eigenvalue weighted by Gasteiger charge is 2.20. The first kappa shape index (κ1) is 14.9. The molecule has 1 saturated carbocycles. The lowest BCUT2D eigenvalue weighted by molar-refractivity contribution is 0.0937. The molecule has 2 heterocycles. The first-order chi connectivity index (χ1) is 11.7. The number of imidazole rings is 1. The predicted molar refractivity (Wildman–Crippen MR) is 93.3 cm³/mol. The molecule has 2 aromatic heterocycles. The zero-order chi connectivity index (χ0) is 16.5. The third-order valence-corrected chi connectivity index (χ3v) is 4.81. The van der Waals surface area contributed by atoms with Crippen molar-refractivity contribution in [3.8, 4) is 5.69 Å². The van der Waals surface area contributed by atoms with Crippen LogP contribution in [0.2, 0.25) is 0 Å². The van der Waals surface area contributed by atoms with Crippen molar-refractivity contribution >= 4 is 17.1 Å². The number of nitrogens with zero attached hydrogens (tertiary/aromatic N) is 3. The van der Waals surface area contributed by atoms with Gasteiger partial charge >= 0.3 is 0 Å². The van der Waals surface area contributed by atoms with Crippen molar-refractivity contribution in [1.29, 1.82) is 0 Å². The average molecular weight is 320 g/mol. The standard InChI is InChI=1S/C19H20N4O/c1-13-15(19(24)22-14-6-2-3-7-14)8-4-10-17(13)23-12-21-16-9-5-11-20-18(16)23/h4-5,8-12,14H,2-3,6-7H2,1H3,(H,22,24). The number of carbonyl (C=O) groups is 1. The second-order valence-electron chi connectivity index (χ2n) is 6.37. The molecule has 4 rings (SSSR count). The Bertz CT molecular complexity index is 893. The molecule has 24 heavy (non-hydrogen) atoms. The van der Waals surface area contributed by atoms with E-state index in [4.69, 9.17) is 0 Å². The molecule has 1 N–H and O–H groups in total. The molecule has 1 fully saturated rings. The van der Waals surface area contributed by atoms with Crippen LogP contribution < -0.4 is 5.32 Å². The van der Waals surface area contributed by atoms with Gasteiger partial charge in [-0.05, 0) is 49.6 Å². The predicted octanol–water partition coefficient (Wildman–Crippen LogP) is 3.40. The monoisotopic (exact) mass is 320 g/mol. The maximum atomic E-state index is 12.7. The van der Waals surface area contributed by atoms with Gasteiger partial charge in [-0.1, -0.05) is 18.9 Å². The van der Waals surface area contributed by atoms with Gasteiger partial charge in [0.1, 0.15) is 11.8 Å². The van der Waals surface area contributed by atoms with Crippen LogP contribution in [0.1, 0.15) is 41.6 Å². The highest BCUT2D eigenvalue weighted by Crippen LogP contribution is 2.23. The summed E-state index contributed by atoms with van der Waals surface area (Å²) in [6.45, 7) is 1.98. The van der Waals surface area contributed by atoms with Gasteiger partial charge in [-0.2, -0.15) is 0 Å². The van der Waals surface area contributed by atoms with E-state index in [1.807, 2.05) is 41.8 Å². The van der Waals surface area contributed by atoms with Gasteiger partial charge in [0.15, 0.2) is 5.65 Å². The molecule has 0 bridgehead atoms. The van der Waals surface area contributed by atoms with Gasteiger partial charge in [-0.3, -0.25) is 9.36 Å². The quantitative estimate of drug-likeness (QED) is 0.804. The molecule has 1 amide bonds. The molecule has 0 spiro atoms. The average Bonchev–Trinajstić information content (AvgIpc) is 3.24. The van der Waals surface area contributed by atoms with Crippen LogP contribution in [-0.2, 0) is 0 Å². The fourth-order valence-corrected chi connectivity index (χ4v) is 3.49. The Balaban J connectivity index is 1.71. The summed E-state index contributed by atoms with van der Waals surface area (Å²) in [6, 6.07) is 9.92. The van der Waals surface area contributed by atoms with Crippen molar-refractivity contribution in [2.75, 3.05) is 0 Å². The Kier molecular flexibility index (Phi) is 3.76. The van der Waals surface area contributed by atoms with E-state index in [0.29, 0.717) is 6.04 Å². The molecule has 0 aliphatic heterocycles. The van der Waals surface area contributed by atoms with E-state index in [0.717, 1.165) is 40.8 Å². The van der Waals surface area contributed by atoms with Gasteiger partial charge in [0.25, 0.3) is 5.91 Å². The summed E-state index contributed by atoms with van der Waals surface area (Å²) in [7, 11) is 0. The number of fused-ring (bicyclic) bond motifs is 1. The Morgan fingerprint density at radius 2 is 2.00 bits per heavy atom. The second-order valence-corrected chi connectivity index (χ2v) is 6.37. The maximum Gasteiger partial charge on any atom is 0.251 e. The van der Waals surface area contributed by atoms with Crippen LogP contribution in [0.25, 0.3) is 16.9 Å². The van der Waals surface area contributed by atoms with E-state index in [9.17, 15) is 4.79 Å². The van der Waals surface area contributed by atoms with E-state index < -0.39 is 0 Å². The van der Waals surface area contributed by atoms with Crippen LogP contribution in [0.15, 0.2) is 42.9 Å². The van der Waals surface area contributed by atoms with E-state index in [1.165, 1.54) is 12.8 Å². The lowest BCUT2D eigenvalue weighted by atomic mass is 10.1. The van der Waals surface area contributed by atoms with Crippen LogP contribution in [0.5, 0.6) is 0 Å². The molecule has 1 aromatic carbocycles. The molecule has 122 valence electrons. The number of nitrogens with one attached hydrogen (secondary N) is 1. The summed E-state index contributed by atoms with van der Waals surface area (Å²) in [5, 5.41) is 3.17. The van der Waals surface area contributed by atoms with E-state index in [1.54, 1.807) is 12.5 Å². The molecular formula is C19H20N4O. The zero-order valence-electron chi connectivity index (χ0n) is 13.7. The first-order valence-corrected chi connectivity index (χ1v) is 8.43. The molecule has 1 aliphatic rings. The normalized spacial score (nSPS) is 15.0. The molecule has 3 aromatic rings. The maximum absolute atomic E-state index is 12.7. The number of rotatable bonds is 3. The fourth-order valence-electron chi connectivity index (χ4n) is 3.49. The summed E-state index contributed by atoms with van der Waals surface area (Å²) >= 11 is 0. The van der Waals surface area contributed by atoms with Crippen molar-refractivity contribution in [3.05, 3.63) is 54.0 Å². The zero-order valence-corrected chi connectivity index (χ0v) is 13.7. The minimum absolute atomic E-state index is 0.0126. The molecule has 5 nitrogen and oxygen atoms in total. The van der Waals surface area contributed by atoms with Gasteiger partial charge in [-0.15, -0.1) is 0 Å². The summed E-state index contributed by atoms with van der Waals surface area (Å²) in [4.78, 5) is 21.5. The number of amides is 1. The molecule has 0 saturated heterocycles. The fraction of sp³-hybridized carbons (Fsp3) is 0.316. The molecule has 1 aliphatic carbocycles. The molecule has 0 radical (unpaired) electrons. The van der Waals surface area contributed by atoms with Crippen molar-refractivity contribution in [2.24, 2.45) is 0 Å². The summed E-state index contributed by atoms with van der Waals surface area (Å²) in [5.74, 6) is 0.0126. The van der Waals surface area contributed by atoms with Crippen LogP contribution in [-0.4, -0.2) is 26.5 Å². The smallest absolute Gasteiger partial charge is 0.251 e. The Labute approximate surface area is 140 Å². The number of pyridine rings is 1. The van der Waals surface area contributed by atoms with Gasteiger partial charge in [0.05, 0.1) is 5.69 Å². The summed E-state index contributed by atoms with van der Waals surface area (Å²) < 4.78 is 1.94. The van der Waals surface area contributed by atoms with Crippen LogP contribution in [0.4, 0.5) is 0 Å². The van der Waals surface area contributed by atoms with Crippen LogP contribution >= 0.6 is 0 Å². The SMILES string of the molecule is Cc1c(C(=O)NC2CCCC2)cccc1-n1cnc2cccnc21. The third-order valence-electron chi connectivity index (χ3n) is 4.81. The van der Waals surface area contributed by atoms with Crippen molar-refractivity contribution in [3.63, 3.8) is 0 Å². The number of benzene rings is 1. The molecule has 0 unspecified atom stereocenters. The lowest BCUT2D eigenvalue weighted by Gasteiger charge is -2.15. The Morgan fingerprint density at radius 3 is 2.83 bits per heavy atom. The van der Waals surface area contributed by atoms with Gasteiger partial charge in [0, 0.05) is 17.8 Å². The number of hydrogen-bond acceptors (Lipinski definition) is 3. The van der Waals surface area contributed by atoms with Gasteiger partial charge < -0.3 is 5.32 Å². The minimum Gasteiger partial charge on any atom is -0.349 e. The number of aromatic nitrogens is 3. The Hall–Kier alpha value is -2.69. The summed E-state index contributed by atoms with van der Waals surface area (Å²) in [6.07, 6.45) is 8.10. The molecule has 0 atom stereocenters. The van der Waals surface area contributed by atoms with E-state index in [2.05, 4.69) is 15.3 Å². The molecule has 5 heteroatoms. The van der Waals surface area contributed by atoms with Crippen LogP contribution in [0, 0.1) is 6.92 Å². The number of hydrogen-bond donors (Lipinski definition) is 1. The van der Waals surface area contributed by atoms with E-state index >= 15 is 0 Å². The van der Waals surface area contributed by atoms with Crippen molar-refractivity contribution < 1.29 is 4.79 Å². The van der Waals surface area contributed by atoms with Gasteiger partial charge in [-0.25, -0.2) is 9.97 Å². The first-order valence-electron chi connectivity index (χ1n) is 8.43. The highest BCUT2D eigenvalue weighted by atomic mass is 16.1. The van der Waals surface area contributed by atoms with Gasteiger partial charge in [0.2, 0.25) is 0 Å². The lowest BCUT2D eigenvalue weighted by Crippen LogP contribution is -2.33. The topological polar surface area (TPSA) is 59.8 Å². The molecular weight excluding hydrogens is 300 g/mol. The summed E-state index contributed by atoms with van der Waals surface area (Å²) in [5.41, 5.74) is 4.25. The van der Waals surface area contributed by atoms with E-state index in [-0.39, 0.29) is 5.91 Å². The minimum atomic E-state index is 0.0126. The Morgan fingerprint density at radius 1 is 1.17 bits per heavy atom. The van der Waals surface area contributed by atoms with Crippen LogP contribution in [0.3, 0.4) is 0 Å². The van der Waals surface area contributed by atoms with Crippen molar-refractivity contribution in [2.45, 2.75) is 38.6 Å². The largest absolute Gasteiger partial charge is 0.349 e. The third kappa shape index (κ3) is 2.56.